The number of nitrogens with one attached hydrogen (secondary N) is 1. The highest BCUT2D eigenvalue weighted by Gasteiger charge is 2.00. The molecule has 2 rings (SSSR count). The number of amidine groups is 1. The maximum Gasteiger partial charge on any atom is 0.122 e. The molecule has 0 aromatic heterocycles. The molecule has 3 heteroatoms. The molecule has 2 aromatic carbocycles. The van der Waals surface area contributed by atoms with Crippen LogP contribution in [0.25, 0.3) is 0 Å². The van der Waals surface area contributed by atoms with Gasteiger partial charge in [-0.15, -0.1) is 11.8 Å². The molecule has 0 spiro atoms. The third kappa shape index (κ3) is 3.37. The average molecular weight is 256 g/mol. The van der Waals surface area contributed by atoms with Crippen LogP contribution >= 0.6 is 11.8 Å². The second kappa shape index (κ2) is 5.74. The van der Waals surface area contributed by atoms with Crippen LogP contribution in [0.4, 0.5) is 0 Å². The minimum atomic E-state index is 0.123. The van der Waals surface area contributed by atoms with Crippen molar-refractivity contribution in [1.29, 1.82) is 5.41 Å². The van der Waals surface area contributed by atoms with Gasteiger partial charge in [-0.3, -0.25) is 5.41 Å². The van der Waals surface area contributed by atoms with Crippen molar-refractivity contribution in [2.75, 3.05) is 0 Å². The summed E-state index contributed by atoms with van der Waals surface area (Å²) >= 11 is 1.80. The van der Waals surface area contributed by atoms with Crippen LogP contribution in [0.1, 0.15) is 16.7 Å². The first-order valence-corrected chi connectivity index (χ1v) is 6.76. The lowest BCUT2D eigenvalue weighted by molar-refractivity contribution is 1.33. The number of aryl methyl sites for hydroxylation is 1. The van der Waals surface area contributed by atoms with Gasteiger partial charge in [0.1, 0.15) is 5.84 Å². The van der Waals surface area contributed by atoms with Crippen LogP contribution < -0.4 is 5.73 Å². The van der Waals surface area contributed by atoms with Gasteiger partial charge in [-0.1, -0.05) is 35.9 Å². The van der Waals surface area contributed by atoms with Crippen molar-refractivity contribution < 1.29 is 0 Å². The minimum absolute atomic E-state index is 0.123. The van der Waals surface area contributed by atoms with Gasteiger partial charge in [0, 0.05) is 16.2 Å². The lowest BCUT2D eigenvalue weighted by atomic mass is 10.1. The van der Waals surface area contributed by atoms with Crippen LogP contribution in [0.15, 0.2) is 53.4 Å². The first-order valence-electron chi connectivity index (χ1n) is 5.78. The molecule has 92 valence electrons. The predicted octanol–water partition coefficient (Wildman–Crippen LogP) is 3.57. The summed E-state index contributed by atoms with van der Waals surface area (Å²) in [7, 11) is 0. The summed E-state index contributed by atoms with van der Waals surface area (Å²) in [6.45, 7) is 2.10. The predicted molar refractivity (Wildman–Crippen MR) is 78.2 cm³/mol. The molecule has 2 nitrogen and oxygen atoms in total. The summed E-state index contributed by atoms with van der Waals surface area (Å²) in [6, 6.07) is 16.3. The van der Waals surface area contributed by atoms with Crippen LogP contribution in [0, 0.1) is 12.3 Å². The van der Waals surface area contributed by atoms with Gasteiger partial charge in [0.25, 0.3) is 0 Å². The third-order valence-electron chi connectivity index (χ3n) is 2.63. The number of nitrogen functional groups attached to an aromatic ring is 1. The van der Waals surface area contributed by atoms with E-state index in [1.54, 1.807) is 11.8 Å². The lowest BCUT2D eigenvalue weighted by Gasteiger charge is -2.05. The molecule has 0 aliphatic rings. The normalized spacial score (nSPS) is 10.3. The van der Waals surface area contributed by atoms with Gasteiger partial charge in [-0.05, 0) is 30.7 Å². The zero-order chi connectivity index (χ0) is 13.0. The van der Waals surface area contributed by atoms with Crippen molar-refractivity contribution in [3.63, 3.8) is 0 Å². The van der Waals surface area contributed by atoms with Crippen molar-refractivity contribution in [3.05, 3.63) is 65.2 Å². The molecule has 0 heterocycles. The molecule has 2 aromatic rings. The van der Waals surface area contributed by atoms with Crippen molar-refractivity contribution >= 4 is 17.6 Å². The van der Waals surface area contributed by atoms with E-state index in [9.17, 15) is 0 Å². The Morgan fingerprint density at radius 3 is 2.67 bits per heavy atom. The molecule has 0 saturated heterocycles. The number of rotatable bonds is 4. The second-order valence-electron chi connectivity index (χ2n) is 4.22. The maximum atomic E-state index is 7.43. The topological polar surface area (TPSA) is 49.9 Å². The number of benzene rings is 2. The van der Waals surface area contributed by atoms with E-state index in [1.165, 1.54) is 16.0 Å². The molecule has 0 fully saturated rings. The largest absolute Gasteiger partial charge is 0.384 e. The molecule has 0 unspecified atom stereocenters. The minimum Gasteiger partial charge on any atom is -0.384 e. The fraction of sp³-hybridized carbons (Fsp3) is 0.133. The van der Waals surface area contributed by atoms with Gasteiger partial charge in [0.2, 0.25) is 0 Å². The van der Waals surface area contributed by atoms with Crippen LogP contribution in [-0.4, -0.2) is 5.84 Å². The lowest BCUT2D eigenvalue weighted by Crippen LogP contribution is -2.10. The van der Waals surface area contributed by atoms with E-state index < -0.39 is 0 Å². The van der Waals surface area contributed by atoms with E-state index in [0.29, 0.717) is 0 Å². The monoisotopic (exact) mass is 256 g/mol. The van der Waals surface area contributed by atoms with E-state index in [-0.39, 0.29) is 5.84 Å². The maximum absolute atomic E-state index is 7.43. The quantitative estimate of drug-likeness (QED) is 0.499. The molecular weight excluding hydrogens is 240 g/mol. The fourth-order valence-corrected chi connectivity index (χ4v) is 2.66. The van der Waals surface area contributed by atoms with Crippen LogP contribution in [-0.2, 0) is 5.75 Å². The smallest absolute Gasteiger partial charge is 0.122 e. The van der Waals surface area contributed by atoms with E-state index in [0.717, 1.165) is 11.3 Å². The van der Waals surface area contributed by atoms with Crippen molar-refractivity contribution in [2.24, 2.45) is 5.73 Å². The molecular formula is C15H16N2S. The summed E-state index contributed by atoms with van der Waals surface area (Å²) in [5.41, 5.74) is 8.74. The van der Waals surface area contributed by atoms with Crippen molar-refractivity contribution in [2.45, 2.75) is 17.6 Å². The van der Waals surface area contributed by atoms with E-state index in [2.05, 4.69) is 37.3 Å². The highest BCUT2D eigenvalue weighted by atomic mass is 32.2. The highest BCUT2D eigenvalue weighted by molar-refractivity contribution is 7.98. The van der Waals surface area contributed by atoms with Crippen LogP contribution in [0.2, 0.25) is 0 Å². The van der Waals surface area contributed by atoms with E-state index in [1.807, 2.05) is 18.2 Å². The van der Waals surface area contributed by atoms with Crippen molar-refractivity contribution in [1.82, 2.24) is 0 Å². The first kappa shape index (κ1) is 12.7. The third-order valence-corrected chi connectivity index (χ3v) is 3.70. The Balaban J connectivity index is 2.06. The molecule has 0 saturated carbocycles. The van der Waals surface area contributed by atoms with Crippen LogP contribution in [0.5, 0.6) is 0 Å². The van der Waals surface area contributed by atoms with Crippen molar-refractivity contribution in [3.8, 4) is 0 Å². The van der Waals surface area contributed by atoms with Gasteiger partial charge < -0.3 is 5.73 Å². The summed E-state index contributed by atoms with van der Waals surface area (Å²) < 4.78 is 0. The molecule has 0 aliphatic heterocycles. The van der Waals surface area contributed by atoms with Gasteiger partial charge in [-0.25, -0.2) is 0 Å². The Morgan fingerprint density at radius 1 is 1.17 bits per heavy atom. The average Bonchev–Trinajstić information content (AvgIpc) is 2.37. The Labute approximate surface area is 112 Å². The second-order valence-corrected chi connectivity index (χ2v) is 5.27. The summed E-state index contributed by atoms with van der Waals surface area (Å²) in [6.07, 6.45) is 0. The van der Waals surface area contributed by atoms with E-state index in [4.69, 9.17) is 11.1 Å². The molecule has 0 bridgehead atoms. The molecule has 0 aliphatic carbocycles. The number of nitrogens with two attached hydrogens (primary N) is 1. The first-order chi connectivity index (χ1) is 8.65. The molecule has 3 N–H and O–H groups in total. The van der Waals surface area contributed by atoms with Gasteiger partial charge in [0.05, 0.1) is 0 Å². The summed E-state index contributed by atoms with van der Waals surface area (Å²) in [5.74, 6) is 1.02. The van der Waals surface area contributed by atoms with Gasteiger partial charge >= 0.3 is 0 Å². The van der Waals surface area contributed by atoms with Gasteiger partial charge in [-0.2, -0.15) is 0 Å². The molecule has 18 heavy (non-hydrogen) atoms. The highest BCUT2D eigenvalue weighted by Crippen LogP contribution is 2.23. The SMILES string of the molecule is Cc1cccc(SCc2cccc(C(=N)N)c2)c1. The molecule has 0 atom stereocenters. The molecule has 0 amide bonds. The fourth-order valence-electron chi connectivity index (χ4n) is 1.70. The number of hydrogen-bond donors (Lipinski definition) is 2. The Bertz CT molecular complexity index is 564. The summed E-state index contributed by atoms with van der Waals surface area (Å²) in [4.78, 5) is 1.27. The Morgan fingerprint density at radius 2 is 1.94 bits per heavy atom. The summed E-state index contributed by atoms with van der Waals surface area (Å²) in [5, 5.41) is 7.43. The van der Waals surface area contributed by atoms with Crippen LogP contribution in [0.3, 0.4) is 0 Å². The Hall–Kier alpha value is -1.74. The standard InChI is InChI=1S/C15H16N2S/c1-11-4-2-7-14(8-11)18-10-12-5-3-6-13(9-12)15(16)17/h2-9H,10H2,1H3,(H3,16,17). The zero-order valence-corrected chi connectivity index (χ0v) is 11.1. The molecule has 0 radical (unpaired) electrons. The van der Waals surface area contributed by atoms with E-state index >= 15 is 0 Å². The van der Waals surface area contributed by atoms with Gasteiger partial charge in [0.15, 0.2) is 0 Å². The Kier molecular flexibility index (Phi) is 4.05. The number of hydrogen-bond acceptors (Lipinski definition) is 2. The zero-order valence-electron chi connectivity index (χ0n) is 10.3. The number of thioether (sulfide) groups is 1.